The Kier molecular flexibility index (Phi) is 7.29. The summed E-state index contributed by atoms with van der Waals surface area (Å²) in [5.74, 6) is -2.51. The minimum atomic E-state index is -1.26. The zero-order valence-electron chi connectivity index (χ0n) is 13.8. The third-order valence-corrected chi connectivity index (χ3v) is 3.12. The van der Waals surface area contributed by atoms with E-state index in [-0.39, 0.29) is 10.6 Å². The fourth-order valence-electron chi connectivity index (χ4n) is 1.93. The highest BCUT2D eigenvalue weighted by Crippen LogP contribution is 2.21. The van der Waals surface area contributed by atoms with Crippen LogP contribution in [0.2, 0.25) is 0 Å². The zero-order chi connectivity index (χ0) is 19.0. The van der Waals surface area contributed by atoms with Gasteiger partial charge >= 0.3 is 11.9 Å². The first kappa shape index (κ1) is 19.8. The molecule has 0 bridgehead atoms. The molecule has 9 heteroatoms. The molecule has 0 aliphatic heterocycles. The maximum absolute atomic E-state index is 10.7. The van der Waals surface area contributed by atoms with Crippen LogP contribution < -0.4 is 0 Å². The molecule has 2 N–H and O–H groups in total. The molecule has 1 heterocycles. The highest BCUT2D eigenvalue weighted by Gasteiger charge is 2.08. The van der Waals surface area contributed by atoms with E-state index in [2.05, 4.69) is 4.90 Å². The molecule has 0 amide bonds. The minimum Gasteiger partial charge on any atom is -0.478 e. The van der Waals surface area contributed by atoms with Crippen molar-refractivity contribution in [2.24, 2.45) is 0 Å². The van der Waals surface area contributed by atoms with Crippen molar-refractivity contribution in [1.29, 1.82) is 0 Å². The van der Waals surface area contributed by atoms with Crippen LogP contribution in [0.15, 0.2) is 42.6 Å². The molecule has 1 aromatic heterocycles. The number of rotatable bonds is 6. The number of fused-ring (bicyclic) bond motifs is 1. The van der Waals surface area contributed by atoms with Gasteiger partial charge in [0.1, 0.15) is 0 Å². The Morgan fingerprint density at radius 1 is 1.20 bits per heavy atom. The van der Waals surface area contributed by atoms with Crippen molar-refractivity contribution in [3.05, 3.63) is 52.7 Å². The van der Waals surface area contributed by atoms with Gasteiger partial charge in [-0.05, 0) is 26.2 Å². The lowest BCUT2D eigenvalue weighted by Gasteiger charge is -2.10. The smallest absolute Gasteiger partial charge is 0.328 e. The van der Waals surface area contributed by atoms with Crippen LogP contribution in [-0.2, 0) is 16.1 Å². The van der Waals surface area contributed by atoms with Crippen molar-refractivity contribution in [3.63, 3.8) is 0 Å². The lowest BCUT2D eigenvalue weighted by Crippen LogP contribution is -2.17. The summed E-state index contributed by atoms with van der Waals surface area (Å²) in [4.78, 5) is 31.6. The van der Waals surface area contributed by atoms with Crippen LogP contribution in [-0.4, -0.2) is 57.2 Å². The number of carboxylic acids is 2. The summed E-state index contributed by atoms with van der Waals surface area (Å²) in [6, 6.07) is 6.94. The van der Waals surface area contributed by atoms with E-state index in [1.807, 2.05) is 30.9 Å². The van der Waals surface area contributed by atoms with Gasteiger partial charge in [-0.1, -0.05) is 0 Å². The largest absolute Gasteiger partial charge is 0.478 e. The van der Waals surface area contributed by atoms with Crippen LogP contribution >= 0.6 is 0 Å². The predicted octanol–water partition coefficient (Wildman–Crippen LogP) is 1.82. The van der Waals surface area contributed by atoms with Gasteiger partial charge in [0, 0.05) is 49.0 Å². The van der Waals surface area contributed by atoms with Gasteiger partial charge in [0.2, 0.25) is 0 Å². The summed E-state index contributed by atoms with van der Waals surface area (Å²) >= 11 is 0. The normalized spacial score (nSPS) is 10.7. The van der Waals surface area contributed by atoms with Crippen molar-refractivity contribution in [2.75, 3.05) is 20.6 Å². The molecule has 0 saturated heterocycles. The van der Waals surface area contributed by atoms with E-state index >= 15 is 0 Å². The topological polar surface area (TPSA) is 126 Å². The molecule has 1 aromatic carbocycles. The number of carbonyl (C=O) groups is 2. The van der Waals surface area contributed by atoms with Crippen molar-refractivity contribution >= 4 is 28.5 Å². The number of nitrogens with zero attached hydrogens (tertiary/aromatic N) is 3. The first-order valence-electron chi connectivity index (χ1n) is 7.22. The van der Waals surface area contributed by atoms with Gasteiger partial charge < -0.3 is 19.7 Å². The van der Waals surface area contributed by atoms with Crippen LogP contribution in [0.25, 0.3) is 10.9 Å². The Labute approximate surface area is 143 Å². The minimum absolute atomic E-state index is 0.141. The lowest BCUT2D eigenvalue weighted by molar-refractivity contribution is -0.384. The van der Waals surface area contributed by atoms with E-state index in [9.17, 15) is 19.7 Å². The molecular formula is C16H19N3O6. The number of non-ortho nitro benzene ring substituents is 1. The van der Waals surface area contributed by atoms with Gasteiger partial charge in [0.15, 0.2) is 0 Å². The first-order chi connectivity index (χ1) is 11.7. The molecule has 0 spiro atoms. The number of nitro groups is 1. The van der Waals surface area contributed by atoms with Gasteiger partial charge in [-0.2, -0.15) is 0 Å². The summed E-state index contributed by atoms with van der Waals surface area (Å²) in [5.41, 5.74) is 1.06. The third kappa shape index (κ3) is 6.83. The monoisotopic (exact) mass is 349 g/mol. The Morgan fingerprint density at radius 3 is 2.28 bits per heavy atom. The molecule has 2 aromatic rings. The van der Waals surface area contributed by atoms with E-state index in [0.29, 0.717) is 12.2 Å². The number of carboxylic acid groups (broad SMARTS) is 2. The molecule has 9 nitrogen and oxygen atoms in total. The fourth-order valence-corrected chi connectivity index (χ4v) is 1.93. The van der Waals surface area contributed by atoms with Crippen molar-refractivity contribution < 1.29 is 24.7 Å². The molecule has 0 aliphatic rings. The average Bonchev–Trinajstić information content (AvgIpc) is 2.93. The van der Waals surface area contributed by atoms with E-state index in [0.717, 1.165) is 24.0 Å². The van der Waals surface area contributed by atoms with Gasteiger partial charge in [-0.3, -0.25) is 10.1 Å². The molecule has 0 unspecified atom stereocenters. The highest BCUT2D eigenvalue weighted by molar-refractivity contribution is 5.89. The number of benzene rings is 1. The van der Waals surface area contributed by atoms with Gasteiger partial charge in [0.25, 0.3) is 5.69 Å². The summed E-state index contributed by atoms with van der Waals surface area (Å²) in [7, 11) is 4.02. The second kappa shape index (κ2) is 9.18. The number of likely N-dealkylation sites (N-methyl/N-ethyl adjacent to an activating group) is 1. The number of hydrogen-bond acceptors (Lipinski definition) is 5. The molecule has 0 saturated carbocycles. The van der Waals surface area contributed by atoms with Crippen LogP contribution in [0.4, 0.5) is 5.69 Å². The predicted molar refractivity (Wildman–Crippen MR) is 91.6 cm³/mol. The maximum atomic E-state index is 10.7. The fraction of sp³-hybridized carbons (Fsp3) is 0.250. The Hall–Kier alpha value is -3.20. The quantitative estimate of drug-likeness (QED) is 0.463. The van der Waals surface area contributed by atoms with Gasteiger partial charge in [-0.15, -0.1) is 0 Å². The molecule has 2 rings (SSSR count). The molecular weight excluding hydrogens is 330 g/mol. The second-order valence-electron chi connectivity index (χ2n) is 5.32. The number of aromatic nitrogens is 1. The molecule has 134 valence electrons. The van der Waals surface area contributed by atoms with Gasteiger partial charge in [0.05, 0.1) is 10.4 Å². The van der Waals surface area contributed by atoms with E-state index < -0.39 is 11.9 Å². The molecule has 0 atom stereocenters. The molecule has 0 radical (unpaired) electrons. The second-order valence-corrected chi connectivity index (χ2v) is 5.32. The van der Waals surface area contributed by atoms with Crippen LogP contribution in [0.3, 0.4) is 0 Å². The standard InChI is InChI=1S/C12H15N3O2.C4H4O4/c1-13(2)7-8-14-6-5-10-3-4-11(15(16)17)9-12(10)14;5-3(6)1-2-4(7)8/h3-6,9H,7-8H2,1-2H3;1-2H,(H,5,6)(H,7,8)/b;2-1+. The summed E-state index contributed by atoms with van der Waals surface area (Å²) in [6.45, 7) is 1.74. The number of aliphatic carboxylic acids is 2. The lowest BCUT2D eigenvalue weighted by atomic mass is 10.2. The average molecular weight is 349 g/mol. The summed E-state index contributed by atoms with van der Waals surface area (Å²) in [5, 5.41) is 27.4. The van der Waals surface area contributed by atoms with Crippen molar-refractivity contribution in [1.82, 2.24) is 9.47 Å². The van der Waals surface area contributed by atoms with E-state index in [1.165, 1.54) is 0 Å². The van der Waals surface area contributed by atoms with Crippen LogP contribution in [0.1, 0.15) is 0 Å². The van der Waals surface area contributed by atoms with E-state index in [4.69, 9.17) is 10.2 Å². The third-order valence-electron chi connectivity index (χ3n) is 3.12. The van der Waals surface area contributed by atoms with Crippen LogP contribution in [0, 0.1) is 10.1 Å². The summed E-state index contributed by atoms with van der Waals surface area (Å²) in [6.07, 6.45) is 3.09. The maximum Gasteiger partial charge on any atom is 0.328 e. The SMILES string of the molecule is CN(C)CCn1ccc2ccc([N+](=O)[O-])cc21.O=C(O)/C=C/C(=O)O. The molecule has 0 fully saturated rings. The number of nitro benzene ring substituents is 1. The Morgan fingerprint density at radius 2 is 1.80 bits per heavy atom. The Balaban J connectivity index is 0.000000333. The zero-order valence-corrected chi connectivity index (χ0v) is 13.8. The van der Waals surface area contributed by atoms with Crippen molar-refractivity contribution in [3.8, 4) is 0 Å². The van der Waals surface area contributed by atoms with Crippen LogP contribution in [0.5, 0.6) is 0 Å². The summed E-state index contributed by atoms with van der Waals surface area (Å²) < 4.78 is 2.04. The van der Waals surface area contributed by atoms with Crippen molar-refractivity contribution in [2.45, 2.75) is 6.54 Å². The first-order valence-corrected chi connectivity index (χ1v) is 7.22. The highest BCUT2D eigenvalue weighted by atomic mass is 16.6. The molecule has 25 heavy (non-hydrogen) atoms. The number of hydrogen-bond donors (Lipinski definition) is 2. The Bertz CT molecular complexity index is 778. The van der Waals surface area contributed by atoms with E-state index in [1.54, 1.807) is 18.2 Å². The molecule has 0 aliphatic carbocycles. The van der Waals surface area contributed by atoms with Gasteiger partial charge in [-0.25, -0.2) is 9.59 Å².